The second kappa shape index (κ2) is 10.1. The molecule has 0 radical (unpaired) electrons. The van der Waals surface area contributed by atoms with Gasteiger partial charge in [-0.3, -0.25) is 30.2 Å². The first-order valence-electron chi connectivity index (χ1n) is 6.91. The number of esters is 1. The van der Waals surface area contributed by atoms with E-state index >= 15 is 0 Å². The van der Waals surface area contributed by atoms with Crippen molar-refractivity contribution in [1.82, 2.24) is 5.39 Å². The number of nitrogens with zero attached hydrogens (tertiary/aromatic N) is 2. The molecule has 1 atom stereocenters. The van der Waals surface area contributed by atoms with Crippen molar-refractivity contribution >= 4 is 17.8 Å². The summed E-state index contributed by atoms with van der Waals surface area (Å²) in [7, 11) is 0. The minimum absolute atomic E-state index is 0.0174. The van der Waals surface area contributed by atoms with E-state index in [0.717, 1.165) is 12.1 Å². The van der Waals surface area contributed by atoms with E-state index in [1.165, 1.54) is 19.1 Å². The summed E-state index contributed by atoms with van der Waals surface area (Å²) < 4.78 is 14.2. The van der Waals surface area contributed by atoms with Gasteiger partial charge in [0.2, 0.25) is 6.29 Å². The van der Waals surface area contributed by atoms with Gasteiger partial charge in [0.05, 0.1) is 16.9 Å². The molecular formula is C13H16N2O10. The first-order chi connectivity index (χ1) is 11.8. The van der Waals surface area contributed by atoms with Crippen molar-refractivity contribution < 1.29 is 44.0 Å². The number of rotatable bonds is 9. The smallest absolute Gasteiger partial charge is 0.425 e. The Morgan fingerprint density at radius 3 is 2.44 bits per heavy atom. The fraction of sp³-hybridized carbons (Fsp3) is 0.385. The van der Waals surface area contributed by atoms with Crippen molar-refractivity contribution in [3.05, 3.63) is 34.4 Å². The summed E-state index contributed by atoms with van der Waals surface area (Å²) in [6.07, 6.45) is -2.37. The summed E-state index contributed by atoms with van der Waals surface area (Å²) in [5.74, 6) is -0.689. The van der Waals surface area contributed by atoms with E-state index in [1.54, 1.807) is 0 Å². The van der Waals surface area contributed by atoms with Crippen LogP contribution in [0.3, 0.4) is 0 Å². The van der Waals surface area contributed by atoms with Crippen LogP contribution < -0.4 is 4.74 Å². The Morgan fingerprint density at radius 1 is 1.24 bits per heavy atom. The molecule has 138 valence electrons. The number of non-ortho nitro benzene ring substituents is 1. The number of nitro benzene ring substituents is 1. The van der Waals surface area contributed by atoms with Crippen LogP contribution in [0, 0.1) is 10.1 Å². The average molecular weight is 360 g/mol. The predicted octanol–water partition coefficient (Wildman–Crippen LogP) is 1.79. The van der Waals surface area contributed by atoms with Gasteiger partial charge in [-0.25, -0.2) is 4.79 Å². The third-order valence-electron chi connectivity index (χ3n) is 2.54. The van der Waals surface area contributed by atoms with Crippen LogP contribution in [0.1, 0.15) is 19.8 Å². The first kappa shape index (κ1) is 20.2. The Kier molecular flexibility index (Phi) is 8.22. The minimum Gasteiger partial charge on any atom is -0.425 e. The van der Waals surface area contributed by atoms with E-state index < -0.39 is 28.7 Å². The van der Waals surface area contributed by atoms with E-state index in [2.05, 4.69) is 9.57 Å². The summed E-state index contributed by atoms with van der Waals surface area (Å²) in [5, 5.41) is 26.6. The van der Waals surface area contributed by atoms with Crippen LogP contribution in [0.2, 0.25) is 0 Å². The molecule has 12 nitrogen and oxygen atoms in total. The van der Waals surface area contributed by atoms with E-state index in [4.69, 9.17) is 19.9 Å². The van der Waals surface area contributed by atoms with Gasteiger partial charge in [-0.05, 0) is 18.6 Å². The Hall–Kier alpha value is -2.80. The molecule has 0 saturated heterocycles. The number of benzene rings is 1. The molecule has 0 saturated carbocycles. The summed E-state index contributed by atoms with van der Waals surface area (Å²) in [4.78, 5) is 37.1. The zero-order valence-corrected chi connectivity index (χ0v) is 13.1. The van der Waals surface area contributed by atoms with E-state index in [1.807, 2.05) is 0 Å². The van der Waals surface area contributed by atoms with E-state index in [0.29, 0.717) is 0 Å². The lowest BCUT2D eigenvalue weighted by molar-refractivity contribution is -0.492. The van der Waals surface area contributed by atoms with Gasteiger partial charge in [0, 0.05) is 25.5 Å². The fourth-order valence-corrected chi connectivity index (χ4v) is 1.52. The summed E-state index contributed by atoms with van der Waals surface area (Å²) in [6, 6.07) is 4.71. The molecule has 0 heterocycles. The molecule has 0 aliphatic carbocycles. The van der Waals surface area contributed by atoms with Crippen LogP contribution in [0.5, 0.6) is 5.75 Å². The predicted molar refractivity (Wildman–Crippen MR) is 76.4 cm³/mol. The third kappa shape index (κ3) is 8.57. The third-order valence-corrected chi connectivity index (χ3v) is 2.54. The monoisotopic (exact) mass is 360 g/mol. The molecule has 1 rings (SSSR count). The molecule has 1 aromatic carbocycles. The molecular weight excluding hydrogens is 344 g/mol. The van der Waals surface area contributed by atoms with Gasteiger partial charge in [-0.2, -0.15) is 0 Å². The maximum atomic E-state index is 11.5. The molecule has 0 amide bonds. The van der Waals surface area contributed by atoms with Gasteiger partial charge < -0.3 is 14.2 Å². The lowest BCUT2D eigenvalue weighted by Crippen LogP contribution is -2.24. The second-order valence-electron chi connectivity index (χ2n) is 4.47. The SMILES string of the molecule is CC(OC(=O)CCCON(O)O)OC(=O)Oc1ccc([N+](=O)[O-])cc1. The Bertz CT molecular complexity index is 589. The van der Waals surface area contributed by atoms with Crippen molar-refractivity contribution in [2.45, 2.75) is 26.1 Å². The molecule has 0 fully saturated rings. The molecule has 0 aromatic heterocycles. The van der Waals surface area contributed by atoms with Crippen LogP contribution in [0.15, 0.2) is 24.3 Å². The standard InChI is InChI=1S/C13H16N2O10/c1-9(23-12(16)3-2-8-22-15(20)21)24-13(17)25-11-6-4-10(5-7-11)14(18)19/h4-7,9,20-21H,2-3,8H2,1H3. The van der Waals surface area contributed by atoms with Crippen LogP contribution in [-0.2, 0) is 19.1 Å². The molecule has 0 bridgehead atoms. The minimum atomic E-state index is -1.23. The number of carbonyl (C=O) groups excluding carboxylic acids is 2. The lowest BCUT2D eigenvalue weighted by atomic mass is 10.3. The Labute approximate surface area is 141 Å². The number of carbonyl (C=O) groups is 2. The normalized spacial score (nSPS) is 11.7. The van der Waals surface area contributed by atoms with Gasteiger partial charge in [-0.1, -0.05) is 0 Å². The summed E-state index contributed by atoms with van der Waals surface area (Å²) in [5.41, 5.74) is -0.169. The molecule has 1 aromatic rings. The van der Waals surface area contributed by atoms with Gasteiger partial charge in [0.15, 0.2) is 0 Å². The van der Waals surface area contributed by atoms with Crippen molar-refractivity contribution in [2.75, 3.05) is 6.61 Å². The lowest BCUT2D eigenvalue weighted by Gasteiger charge is -2.14. The first-order valence-corrected chi connectivity index (χ1v) is 6.91. The highest BCUT2D eigenvalue weighted by molar-refractivity contribution is 5.70. The van der Waals surface area contributed by atoms with E-state index in [9.17, 15) is 19.7 Å². The molecule has 0 aliphatic heterocycles. The topological polar surface area (TPSA) is 158 Å². The van der Waals surface area contributed by atoms with Crippen LogP contribution in [0.25, 0.3) is 0 Å². The highest BCUT2D eigenvalue weighted by Crippen LogP contribution is 2.18. The maximum absolute atomic E-state index is 11.5. The molecule has 1 unspecified atom stereocenters. The molecule has 25 heavy (non-hydrogen) atoms. The van der Waals surface area contributed by atoms with E-state index in [-0.39, 0.29) is 30.9 Å². The van der Waals surface area contributed by atoms with Crippen LogP contribution >= 0.6 is 0 Å². The second-order valence-corrected chi connectivity index (χ2v) is 4.47. The van der Waals surface area contributed by atoms with Gasteiger partial charge >= 0.3 is 12.1 Å². The van der Waals surface area contributed by atoms with Crippen LogP contribution in [-0.4, -0.2) is 45.7 Å². The zero-order chi connectivity index (χ0) is 18.8. The van der Waals surface area contributed by atoms with Crippen molar-refractivity contribution in [3.63, 3.8) is 0 Å². The Balaban J connectivity index is 2.31. The molecule has 12 heteroatoms. The number of nitro groups is 1. The van der Waals surface area contributed by atoms with Gasteiger partial charge in [0.25, 0.3) is 5.69 Å². The zero-order valence-electron chi connectivity index (χ0n) is 13.1. The van der Waals surface area contributed by atoms with Gasteiger partial charge in [0.1, 0.15) is 5.75 Å². The number of ether oxygens (including phenoxy) is 3. The van der Waals surface area contributed by atoms with Gasteiger partial charge in [-0.15, -0.1) is 0 Å². The van der Waals surface area contributed by atoms with Crippen LogP contribution in [0.4, 0.5) is 10.5 Å². The van der Waals surface area contributed by atoms with Crippen molar-refractivity contribution in [1.29, 1.82) is 0 Å². The Morgan fingerprint density at radius 2 is 1.88 bits per heavy atom. The average Bonchev–Trinajstić information content (AvgIpc) is 2.51. The fourth-order valence-electron chi connectivity index (χ4n) is 1.52. The molecule has 0 aliphatic rings. The molecule has 2 N–H and O–H groups in total. The highest BCUT2D eigenvalue weighted by atomic mass is 17.1. The highest BCUT2D eigenvalue weighted by Gasteiger charge is 2.16. The van der Waals surface area contributed by atoms with Crippen molar-refractivity contribution in [3.8, 4) is 5.75 Å². The quantitative estimate of drug-likeness (QED) is 0.165. The number of hydrogen-bond acceptors (Lipinski definition) is 11. The van der Waals surface area contributed by atoms with Crippen molar-refractivity contribution in [2.24, 2.45) is 0 Å². The largest absolute Gasteiger partial charge is 0.516 e. The maximum Gasteiger partial charge on any atom is 0.516 e. The molecule has 0 spiro atoms. The number of hydrogen-bond donors (Lipinski definition) is 2. The summed E-state index contributed by atoms with van der Waals surface area (Å²) >= 11 is 0. The summed E-state index contributed by atoms with van der Waals surface area (Å²) in [6.45, 7) is 1.15.